The number of hydroxylamine groups is 2. The van der Waals surface area contributed by atoms with E-state index in [2.05, 4.69) is 0 Å². The van der Waals surface area contributed by atoms with E-state index in [0.717, 1.165) is 11.1 Å². The highest BCUT2D eigenvalue weighted by molar-refractivity contribution is 5.70. The summed E-state index contributed by atoms with van der Waals surface area (Å²) in [7, 11) is 0. The zero-order valence-corrected chi connectivity index (χ0v) is 7.40. The number of carbonyl (C=O) groups is 1. The van der Waals surface area contributed by atoms with Gasteiger partial charge in [0.1, 0.15) is 0 Å². The highest BCUT2D eigenvalue weighted by atomic mass is 16.5. The molecule has 0 aliphatic rings. The van der Waals surface area contributed by atoms with Crippen LogP contribution in [0.1, 0.15) is 11.1 Å². The lowest BCUT2D eigenvalue weighted by Gasteiger charge is -2.11. The van der Waals surface area contributed by atoms with Crippen molar-refractivity contribution in [3.63, 3.8) is 0 Å². The second-order valence-corrected chi connectivity index (χ2v) is 2.88. The van der Waals surface area contributed by atoms with Crippen LogP contribution in [0.15, 0.2) is 24.3 Å². The van der Waals surface area contributed by atoms with Crippen LogP contribution in [-0.2, 0) is 6.54 Å². The molecule has 4 nitrogen and oxygen atoms in total. The van der Waals surface area contributed by atoms with Crippen LogP contribution in [0.3, 0.4) is 0 Å². The maximum Gasteiger partial charge on any atom is 0.338 e. The molecule has 0 unspecified atom stereocenters. The largest absolute Gasteiger partial charge is 0.350 e. The van der Waals surface area contributed by atoms with E-state index >= 15 is 0 Å². The third-order valence-corrected chi connectivity index (χ3v) is 1.71. The first-order chi connectivity index (χ1) is 6.09. The Morgan fingerprint density at radius 2 is 2.00 bits per heavy atom. The molecule has 70 valence electrons. The number of rotatable bonds is 2. The zero-order valence-electron chi connectivity index (χ0n) is 7.40. The van der Waals surface area contributed by atoms with Gasteiger partial charge in [0.25, 0.3) is 0 Å². The van der Waals surface area contributed by atoms with Crippen molar-refractivity contribution >= 4 is 6.03 Å². The van der Waals surface area contributed by atoms with Crippen LogP contribution in [0.4, 0.5) is 4.79 Å². The molecule has 0 aromatic heterocycles. The molecule has 1 rings (SSSR count). The average Bonchev–Trinajstić information content (AvgIpc) is 2.08. The monoisotopic (exact) mass is 180 g/mol. The van der Waals surface area contributed by atoms with Crippen LogP contribution >= 0.6 is 0 Å². The van der Waals surface area contributed by atoms with E-state index in [9.17, 15) is 4.79 Å². The summed E-state index contributed by atoms with van der Waals surface area (Å²) < 4.78 is 0. The minimum atomic E-state index is -0.847. The number of nitrogens with zero attached hydrogens (tertiary/aromatic N) is 1. The van der Waals surface area contributed by atoms with Crippen molar-refractivity contribution in [2.45, 2.75) is 13.5 Å². The summed E-state index contributed by atoms with van der Waals surface area (Å²) in [6, 6.07) is 6.64. The second kappa shape index (κ2) is 3.91. The maximum atomic E-state index is 10.5. The summed E-state index contributed by atoms with van der Waals surface area (Å²) >= 11 is 0. The third kappa shape index (κ3) is 2.76. The molecule has 1 aromatic rings. The fourth-order valence-electron chi connectivity index (χ4n) is 0.944. The SMILES string of the molecule is Cc1ccc(CN(O)C(N)=O)cc1. The molecule has 3 N–H and O–H groups in total. The Morgan fingerprint density at radius 1 is 1.46 bits per heavy atom. The van der Waals surface area contributed by atoms with Gasteiger partial charge in [-0.3, -0.25) is 5.21 Å². The Hall–Kier alpha value is -1.55. The first kappa shape index (κ1) is 9.54. The third-order valence-electron chi connectivity index (χ3n) is 1.71. The topological polar surface area (TPSA) is 66.6 Å². The molecule has 0 saturated carbocycles. The van der Waals surface area contributed by atoms with Crippen molar-refractivity contribution in [2.75, 3.05) is 0 Å². The Kier molecular flexibility index (Phi) is 2.87. The molecule has 0 heterocycles. The van der Waals surface area contributed by atoms with Crippen LogP contribution in [0.2, 0.25) is 0 Å². The summed E-state index contributed by atoms with van der Waals surface area (Å²) in [6.45, 7) is 2.09. The van der Waals surface area contributed by atoms with E-state index in [1.54, 1.807) is 0 Å². The summed E-state index contributed by atoms with van der Waals surface area (Å²) in [6.07, 6.45) is 0. The van der Waals surface area contributed by atoms with Crippen LogP contribution in [0.25, 0.3) is 0 Å². The molecule has 0 spiro atoms. The fourth-order valence-corrected chi connectivity index (χ4v) is 0.944. The van der Waals surface area contributed by atoms with E-state index in [1.807, 2.05) is 31.2 Å². The Morgan fingerprint density at radius 3 is 2.46 bits per heavy atom. The number of urea groups is 1. The van der Waals surface area contributed by atoms with E-state index in [1.165, 1.54) is 0 Å². The molecule has 0 aliphatic carbocycles. The van der Waals surface area contributed by atoms with E-state index in [0.29, 0.717) is 5.06 Å². The van der Waals surface area contributed by atoms with Crippen molar-refractivity contribution in [3.8, 4) is 0 Å². The predicted molar refractivity (Wildman–Crippen MR) is 48.1 cm³/mol. The van der Waals surface area contributed by atoms with Gasteiger partial charge >= 0.3 is 6.03 Å². The Balaban J connectivity index is 2.64. The number of aryl methyl sites for hydroxylation is 1. The lowest BCUT2D eigenvalue weighted by atomic mass is 10.1. The minimum Gasteiger partial charge on any atom is -0.350 e. The van der Waals surface area contributed by atoms with E-state index in [-0.39, 0.29) is 6.54 Å². The van der Waals surface area contributed by atoms with Gasteiger partial charge in [-0.2, -0.15) is 0 Å². The van der Waals surface area contributed by atoms with Crippen molar-refractivity contribution in [3.05, 3.63) is 35.4 Å². The van der Waals surface area contributed by atoms with E-state index < -0.39 is 6.03 Å². The predicted octanol–water partition coefficient (Wildman–Crippen LogP) is 1.26. The van der Waals surface area contributed by atoms with Gasteiger partial charge in [0.2, 0.25) is 0 Å². The standard InChI is InChI=1S/C9H12N2O2/c1-7-2-4-8(5-3-7)6-11(13)9(10)12/h2-5,13H,6H2,1H3,(H2,10,12). The first-order valence-corrected chi connectivity index (χ1v) is 3.91. The quantitative estimate of drug-likeness (QED) is 0.531. The summed E-state index contributed by atoms with van der Waals surface area (Å²) in [4.78, 5) is 10.5. The number of hydrogen-bond acceptors (Lipinski definition) is 2. The van der Waals surface area contributed by atoms with Crippen molar-refractivity contribution in [2.24, 2.45) is 5.73 Å². The van der Waals surface area contributed by atoms with Gasteiger partial charge in [0.05, 0.1) is 6.54 Å². The molecular formula is C9H12N2O2. The van der Waals surface area contributed by atoms with Gasteiger partial charge < -0.3 is 5.73 Å². The Labute approximate surface area is 76.5 Å². The van der Waals surface area contributed by atoms with Crippen molar-refractivity contribution in [1.29, 1.82) is 0 Å². The maximum absolute atomic E-state index is 10.5. The smallest absolute Gasteiger partial charge is 0.338 e. The first-order valence-electron chi connectivity index (χ1n) is 3.91. The van der Waals surface area contributed by atoms with Crippen LogP contribution in [-0.4, -0.2) is 16.3 Å². The van der Waals surface area contributed by atoms with E-state index in [4.69, 9.17) is 10.9 Å². The number of hydrogen-bond donors (Lipinski definition) is 2. The number of primary amides is 1. The number of benzene rings is 1. The van der Waals surface area contributed by atoms with Crippen LogP contribution in [0, 0.1) is 6.92 Å². The fraction of sp³-hybridized carbons (Fsp3) is 0.222. The average molecular weight is 180 g/mol. The highest BCUT2D eigenvalue weighted by Crippen LogP contribution is 2.05. The molecule has 0 atom stereocenters. The molecule has 0 saturated heterocycles. The molecule has 0 radical (unpaired) electrons. The molecule has 0 fully saturated rings. The summed E-state index contributed by atoms with van der Waals surface area (Å²) in [5.74, 6) is 0. The molecule has 0 bridgehead atoms. The molecule has 13 heavy (non-hydrogen) atoms. The van der Waals surface area contributed by atoms with Crippen LogP contribution < -0.4 is 5.73 Å². The molecule has 2 amide bonds. The van der Waals surface area contributed by atoms with Crippen molar-refractivity contribution in [1.82, 2.24) is 5.06 Å². The molecule has 4 heteroatoms. The second-order valence-electron chi connectivity index (χ2n) is 2.88. The molecule has 1 aromatic carbocycles. The van der Waals surface area contributed by atoms with Gasteiger partial charge in [-0.05, 0) is 12.5 Å². The summed E-state index contributed by atoms with van der Waals surface area (Å²) in [5.41, 5.74) is 6.82. The number of amides is 2. The lowest BCUT2D eigenvalue weighted by molar-refractivity contribution is -0.0470. The van der Waals surface area contributed by atoms with Crippen molar-refractivity contribution < 1.29 is 10.0 Å². The zero-order chi connectivity index (χ0) is 9.84. The molecular weight excluding hydrogens is 168 g/mol. The Bertz CT molecular complexity index is 295. The normalized spacial score (nSPS) is 9.69. The van der Waals surface area contributed by atoms with Gasteiger partial charge in [0, 0.05) is 0 Å². The minimum absolute atomic E-state index is 0.121. The van der Waals surface area contributed by atoms with Gasteiger partial charge in [-0.15, -0.1) is 0 Å². The molecule has 0 aliphatic heterocycles. The number of carbonyl (C=O) groups excluding carboxylic acids is 1. The number of nitrogens with two attached hydrogens (primary N) is 1. The van der Waals surface area contributed by atoms with Gasteiger partial charge in [0.15, 0.2) is 0 Å². The van der Waals surface area contributed by atoms with Crippen LogP contribution in [0.5, 0.6) is 0 Å². The lowest BCUT2D eigenvalue weighted by Crippen LogP contribution is -2.31. The van der Waals surface area contributed by atoms with Gasteiger partial charge in [-0.25, -0.2) is 9.86 Å². The summed E-state index contributed by atoms with van der Waals surface area (Å²) in [5, 5.41) is 9.48. The highest BCUT2D eigenvalue weighted by Gasteiger charge is 2.05. The van der Waals surface area contributed by atoms with Gasteiger partial charge in [-0.1, -0.05) is 29.8 Å².